The smallest absolute Gasteiger partial charge is 0.402 e. The molecule has 0 atom stereocenters. The van der Waals surface area contributed by atoms with Gasteiger partial charge in [0.15, 0.2) is 5.76 Å². The Morgan fingerprint density at radius 2 is 2.11 bits per heavy atom. The van der Waals surface area contributed by atoms with Crippen LogP contribution in [0.3, 0.4) is 0 Å². The first-order valence-corrected chi connectivity index (χ1v) is 7.41. The van der Waals surface area contributed by atoms with Crippen LogP contribution in [0.4, 0.5) is 0 Å². The van der Waals surface area contributed by atoms with E-state index in [4.69, 9.17) is 21.4 Å². The van der Waals surface area contributed by atoms with E-state index in [-0.39, 0.29) is 10.8 Å². The van der Waals surface area contributed by atoms with Crippen LogP contribution in [0.5, 0.6) is 0 Å². The molecule has 0 aromatic carbocycles. The highest BCUT2D eigenvalue weighted by molar-refractivity contribution is 9.11. The minimum Gasteiger partial charge on any atom is -0.402 e. The van der Waals surface area contributed by atoms with E-state index in [1.54, 1.807) is 14.0 Å². The molecule has 0 rings (SSSR count). The van der Waals surface area contributed by atoms with Crippen molar-refractivity contribution in [1.82, 2.24) is 5.32 Å². The molecule has 0 aromatic heterocycles. The second-order valence-corrected chi connectivity index (χ2v) is 5.77. The number of phosphoric ester groups is 1. The molecular weight excluding hydrogens is 344 g/mol. The summed E-state index contributed by atoms with van der Waals surface area (Å²) in [5.74, 6) is -0.0884. The Bertz CT molecular complexity index is 449. The Balaban J connectivity index is 5.63. The van der Waals surface area contributed by atoms with E-state index in [1.165, 1.54) is 18.4 Å². The summed E-state index contributed by atoms with van der Waals surface area (Å²) < 4.78 is 16.1. The monoisotopic (exact) mass is 357 g/mol. The molecule has 0 aliphatic rings. The molecule has 102 valence electrons. The second kappa shape index (κ2) is 7.81. The number of hydrogen-bond donors (Lipinski definition) is 3. The third-order valence-corrected chi connectivity index (χ3v) is 3.13. The lowest BCUT2D eigenvalue weighted by molar-refractivity contribution is 0.245. The topological polar surface area (TPSA) is 78.8 Å². The SMILES string of the molecule is C=C/C=C(C(\Cl)=C(/C)Br)/C(=C\NC)OP(=O)(O)O. The molecule has 0 heterocycles. The van der Waals surface area contributed by atoms with E-state index >= 15 is 0 Å². The molecule has 0 saturated heterocycles. The number of rotatable bonds is 6. The zero-order chi connectivity index (χ0) is 14.3. The molecule has 0 spiro atoms. The summed E-state index contributed by atoms with van der Waals surface area (Å²) in [6.45, 7) is 5.20. The van der Waals surface area contributed by atoms with Crippen molar-refractivity contribution >= 4 is 35.4 Å². The summed E-state index contributed by atoms with van der Waals surface area (Å²) in [5.41, 5.74) is 0.290. The van der Waals surface area contributed by atoms with Gasteiger partial charge in [-0.05, 0) is 6.92 Å². The standard InChI is InChI=1S/C10H14BrClNO4P/c1-4-5-8(10(12)7(2)11)9(6-13-3)17-18(14,15)16/h4-6,13H,1H2,2-3H3,(H2,14,15,16)/b8-5-,9-6+,10-7-. The fraction of sp³-hybridized carbons (Fsp3) is 0.200. The molecule has 5 nitrogen and oxygen atoms in total. The van der Waals surface area contributed by atoms with E-state index in [1.807, 2.05) is 0 Å². The number of allylic oxidation sites excluding steroid dienone is 4. The molecule has 0 aliphatic carbocycles. The van der Waals surface area contributed by atoms with E-state index < -0.39 is 7.82 Å². The van der Waals surface area contributed by atoms with Crippen molar-refractivity contribution in [2.24, 2.45) is 0 Å². The highest BCUT2D eigenvalue weighted by Crippen LogP contribution is 2.42. The molecule has 0 unspecified atom stereocenters. The average molecular weight is 359 g/mol. The maximum Gasteiger partial charge on any atom is 0.524 e. The average Bonchev–Trinajstić information content (AvgIpc) is 2.22. The quantitative estimate of drug-likeness (QED) is 0.386. The highest BCUT2D eigenvalue weighted by atomic mass is 79.9. The van der Waals surface area contributed by atoms with Crippen molar-refractivity contribution in [3.8, 4) is 0 Å². The van der Waals surface area contributed by atoms with Gasteiger partial charge in [-0.15, -0.1) is 0 Å². The van der Waals surface area contributed by atoms with Gasteiger partial charge in [-0.1, -0.05) is 46.3 Å². The predicted molar refractivity (Wildman–Crippen MR) is 76.0 cm³/mol. The molecule has 8 heteroatoms. The number of phosphoric acid groups is 1. The van der Waals surface area contributed by atoms with Crippen molar-refractivity contribution < 1.29 is 18.9 Å². The fourth-order valence-electron chi connectivity index (χ4n) is 0.979. The van der Waals surface area contributed by atoms with E-state index in [0.717, 1.165) is 0 Å². The lowest BCUT2D eigenvalue weighted by Crippen LogP contribution is -2.03. The molecule has 0 fully saturated rings. The van der Waals surface area contributed by atoms with Gasteiger partial charge < -0.3 is 9.84 Å². The van der Waals surface area contributed by atoms with Crippen LogP contribution in [0.1, 0.15) is 6.92 Å². The molecule has 3 N–H and O–H groups in total. The van der Waals surface area contributed by atoms with Crippen LogP contribution in [0.15, 0.2) is 45.8 Å². The van der Waals surface area contributed by atoms with Gasteiger partial charge in [-0.25, -0.2) is 4.57 Å². The fourth-order valence-corrected chi connectivity index (χ4v) is 1.76. The molecule has 0 amide bonds. The van der Waals surface area contributed by atoms with Crippen molar-refractivity contribution in [2.45, 2.75) is 6.92 Å². The van der Waals surface area contributed by atoms with E-state index in [0.29, 0.717) is 10.1 Å². The predicted octanol–water partition coefficient (Wildman–Crippen LogP) is 3.13. The largest absolute Gasteiger partial charge is 0.524 e. The highest BCUT2D eigenvalue weighted by Gasteiger charge is 2.22. The molecule has 0 bridgehead atoms. The van der Waals surface area contributed by atoms with Crippen molar-refractivity contribution in [2.75, 3.05) is 7.05 Å². The molecule has 0 radical (unpaired) electrons. The number of halogens is 2. The van der Waals surface area contributed by atoms with Gasteiger partial charge in [-0.2, -0.15) is 0 Å². The molecule has 18 heavy (non-hydrogen) atoms. The molecule has 0 saturated carbocycles. The van der Waals surface area contributed by atoms with Gasteiger partial charge in [0, 0.05) is 23.3 Å². The zero-order valence-corrected chi connectivity index (χ0v) is 13.1. The van der Waals surface area contributed by atoms with Gasteiger partial charge in [0.1, 0.15) is 0 Å². The van der Waals surface area contributed by atoms with Crippen LogP contribution < -0.4 is 5.32 Å². The number of nitrogens with one attached hydrogen (secondary N) is 1. The molecule has 0 aliphatic heterocycles. The number of hydrogen-bond acceptors (Lipinski definition) is 3. The van der Waals surface area contributed by atoms with Gasteiger partial charge in [0.2, 0.25) is 0 Å². The third kappa shape index (κ3) is 6.42. The maximum atomic E-state index is 10.9. The Morgan fingerprint density at radius 3 is 2.44 bits per heavy atom. The first kappa shape index (κ1) is 17.5. The lowest BCUT2D eigenvalue weighted by atomic mass is 10.2. The van der Waals surface area contributed by atoms with Gasteiger partial charge in [-0.3, -0.25) is 9.79 Å². The zero-order valence-electron chi connectivity index (χ0n) is 9.85. The van der Waals surface area contributed by atoms with Crippen LogP contribution in [0.25, 0.3) is 0 Å². The molecular formula is C10H14BrClNO4P. The van der Waals surface area contributed by atoms with Crippen LogP contribution in [0.2, 0.25) is 0 Å². The van der Waals surface area contributed by atoms with Gasteiger partial charge >= 0.3 is 7.82 Å². The minimum atomic E-state index is -4.68. The van der Waals surface area contributed by atoms with Crippen LogP contribution in [-0.4, -0.2) is 16.8 Å². The van der Waals surface area contributed by atoms with Crippen molar-refractivity contribution in [3.63, 3.8) is 0 Å². The second-order valence-electron chi connectivity index (χ2n) is 3.04. The van der Waals surface area contributed by atoms with Crippen LogP contribution in [-0.2, 0) is 9.09 Å². The maximum absolute atomic E-state index is 10.9. The summed E-state index contributed by atoms with van der Waals surface area (Å²) in [6, 6.07) is 0. The summed E-state index contributed by atoms with van der Waals surface area (Å²) in [4.78, 5) is 17.7. The Hall–Kier alpha value is -0.520. The van der Waals surface area contributed by atoms with E-state index in [2.05, 4.69) is 32.3 Å². The minimum absolute atomic E-state index is 0.0884. The lowest BCUT2D eigenvalue weighted by Gasteiger charge is -2.14. The normalized spacial score (nSPS) is 15.0. The summed E-state index contributed by atoms with van der Waals surface area (Å²) in [6.07, 6.45) is 4.19. The van der Waals surface area contributed by atoms with Crippen LogP contribution in [0, 0.1) is 0 Å². The van der Waals surface area contributed by atoms with Gasteiger partial charge in [0.25, 0.3) is 0 Å². The van der Waals surface area contributed by atoms with Crippen molar-refractivity contribution in [3.05, 3.63) is 45.8 Å². The molecule has 0 aromatic rings. The third-order valence-electron chi connectivity index (χ3n) is 1.58. The first-order valence-electron chi connectivity index (χ1n) is 4.70. The Kier molecular flexibility index (Phi) is 7.59. The van der Waals surface area contributed by atoms with Crippen LogP contribution >= 0.6 is 35.4 Å². The summed E-state index contributed by atoms with van der Waals surface area (Å²) in [7, 11) is -3.12. The Morgan fingerprint density at radius 1 is 1.56 bits per heavy atom. The first-order chi connectivity index (χ1) is 8.22. The van der Waals surface area contributed by atoms with Crippen molar-refractivity contribution in [1.29, 1.82) is 0 Å². The summed E-state index contributed by atoms with van der Waals surface area (Å²) in [5, 5.41) is 2.88. The van der Waals surface area contributed by atoms with Gasteiger partial charge in [0.05, 0.1) is 5.03 Å². The van der Waals surface area contributed by atoms with E-state index in [9.17, 15) is 4.57 Å². The summed E-state index contributed by atoms with van der Waals surface area (Å²) >= 11 is 9.22. The Labute approximate surface area is 119 Å².